The molecule has 2 aliphatic heterocycles. The summed E-state index contributed by atoms with van der Waals surface area (Å²) in [6.45, 7) is 4.56. The second-order valence-electron chi connectivity index (χ2n) is 14.0. The SMILES string of the molecule is CC1(C)c2ccccc2N2c3ccc(-c4ccc5oc6ccc(-c7cccc8c7sc7ccccc78)cc6c(=O)c5c4)cc3Oc3cccc1c32. The van der Waals surface area contributed by atoms with E-state index >= 15 is 0 Å². The van der Waals surface area contributed by atoms with Gasteiger partial charge in [0.15, 0.2) is 11.5 Å². The van der Waals surface area contributed by atoms with Crippen LogP contribution in [0, 0.1) is 0 Å². The summed E-state index contributed by atoms with van der Waals surface area (Å²) in [6, 6.07) is 48.1. The van der Waals surface area contributed by atoms with Crippen molar-refractivity contribution in [2.24, 2.45) is 0 Å². The summed E-state index contributed by atoms with van der Waals surface area (Å²) in [5.41, 5.74) is 10.7. The number of fused-ring (bicyclic) bond motifs is 9. The standard InChI is InChI=1S/C46H29NO3S/c1-46(2)34-12-4-5-14-36(34)47-37-20-17-27(25-41(37)50-40-15-8-13-35(46)43(40)47)26-18-21-38-32(23-26)44(48)33-24-28(19-22-39(33)49-38)29-10-7-11-31-30-9-3-6-16-42(30)51-45(29)31/h3-25H,1-2H3. The van der Waals surface area contributed by atoms with Gasteiger partial charge in [-0.2, -0.15) is 0 Å². The molecule has 0 fully saturated rings. The first-order valence-electron chi connectivity index (χ1n) is 17.2. The lowest BCUT2D eigenvalue weighted by molar-refractivity contribution is 0.471. The molecular weight excluding hydrogens is 647 g/mol. The molecule has 0 bridgehead atoms. The van der Waals surface area contributed by atoms with E-state index < -0.39 is 0 Å². The van der Waals surface area contributed by atoms with Crippen molar-refractivity contribution in [3.8, 4) is 33.8 Å². The summed E-state index contributed by atoms with van der Waals surface area (Å²) in [5.74, 6) is 1.62. The van der Waals surface area contributed by atoms with Crippen LogP contribution < -0.4 is 15.1 Å². The Bertz CT molecular complexity index is 3020. The molecule has 0 atom stereocenters. The van der Waals surface area contributed by atoms with Gasteiger partial charge >= 0.3 is 0 Å². The largest absolute Gasteiger partial charge is 0.456 e. The molecule has 0 amide bonds. The summed E-state index contributed by atoms with van der Waals surface area (Å²) in [7, 11) is 0. The number of para-hydroxylation sites is 2. The Balaban J connectivity index is 1.03. The molecule has 0 spiro atoms. The Morgan fingerprint density at radius 2 is 1.25 bits per heavy atom. The molecule has 4 heterocycles. The Morgan fingerprint density at radius 3 is 2.14 bits per heavy atom. The van der Waals surface area contributed by atoms with Gasteiger partial charge in [-0.25, -0.2) is 0 Å². The van der Waals surface area contributed by atoms with E-state index in [1.165, 1.54) is 31.3 Å². The average Bonchev–Trinajstić information content (AvgIpc) is 3.55. The van der Waals surface area contributed by atoms with Crippen molar-refractivity contribution in [2.45, 2.75) is 19.3 Å². The minimum atomic E-state index is -0.164. The summed E-state index contributed by atoms with van der Waals surface area (Å²) >= 11 is 1.79. The fourth-order valence-corrected chi connectivity index (χ4v) is 9.55. The number of benzene rings is 7. The second kappa shape index (κ2) is 10.2. The van der Waals surface area contributed by atoms with Gasteiger partial charge in [-0.05, 0) is 88.0 Å². The lowest BCUT2D eigenvalue weighted by Crippen LogP contribution is -2.32. The number of ether oxygens (including phenoxy) is 1. The molecule has 11 rings (SSSR count). The molecule has 0 aliphatic carbocycles. The first-order valence-corrected chi connectivity index (χ1v) is 18.0. The first-order chi connectivity index (χ1) is 24.9. The van der Waals surface area contributed by atoms with Crippen LogP contribution in [-0.2, 0) is 5.41 Å². The topological polar surface area (TPSA) is 42.7 Å². The first kappa shape index (κ1) is 28.6. The lowest BCUT2D eigenvalue weighted by atomic mass is 9.73. The van der Waals surface area contributed by atoms with Gasteiger partial charge in [0, 0.05) is 25.6 Å². The molecule has 5 heteroatoms. The zero-order valence-corrected chi connectivity index (χ0v) is 28.7. The molecular formula is C46H29NO3S. The van der Waals surface area contributed by atoms with E-state index in [1.54, 1.807) is 11.3 Å². The third-order valence-corrected chi connectivity index (χ3v) is 12.1. The maximum atomic E-state index is 14.2. The second-order valence-corrected chi connectivity index (χ2v) is 15.1. The maximum absolute atomic E-state index is 14.2. The third-order valence-electron chi connectivity index (χ3n) is 10.9. The van der Waals surface area contributed by atoms with Crippen molar-refractivity contribution < 1.29 is 9.15 Å². The van der Waals surface area contributed by atoms with Crippen LogP contribution in [-0.4, -0.2) is 0 Å². The molecule has 7 aromatic carbocycles. The van der Waals surface area contributed by atoms with E-state index in [-0.39, 0.29) is 10.8 Å². The van der Waals surface area contributed by atoms with Crippen LogP contribution in [0.1, 0.15) is 25.0 Å². The molecule has 0 saturated carbocycles. The molecule has 0 unspecified atom stereocenters. The van der Waals surface area contributed by atoms with Crippen molar-refractivity contribution >= 4 is 70.5 Å². The average molecular weight is 676 g/mol. The highest BCUT2D eigenvalue weighted by molar-refractivity contribution is 7.26. The number of hydrogen-bond donors (Lipinski definition) is 0. The predicted molar refractivity (Wildman–Crippen MR) is 211 cm³/mol. The highest BCUT2D eigenvalue weighted by Crippen LogP contribution is 2.60. The van der Waals surface area contributed by atoms with E-state index in [1.807, 2.05) is 36.4 Å². The molecule has 2 aromatic heterocycles. The van der Waals surface area contributed by atoms with Gasteiger partial charge < -0.3 is 14.1 Å². The monoisotopic (exact) mass is 675 g/mol. The van der Waals surface area contributed by atoms with Crippen molar-refractivity contribution in [2.75, 3.05) is 4.90 Å². The van der Waals surface area contributed by atoms with Crippen molar-refractivity contribution in [1.29, 1.82) is 0 Å². The molecule has 9 aromatic rings. The summed E-state index contributed by atoms with van der Waals surface area (Å²) < 4.78 is 15.5. The van der Waals surface area contributed by atoms with Gasteiger partial charge in [-0.3, -0.25) is 4.79 Å². The van der Waals surface area contributed by atoms with Crippen molar-refractivity contribution in [3.05, 3.63) is 161 Å². The lowest BCUT2D eigenvalue weighted by Gasteiger charge is -2.44. The van der Waals surface area contributed by atoms with Gasteiger partial charge in [0.25, 0.3) is 0 Å². The van der Waals surface area contributed by atoms with Crippen molar-refractivity contribution in [1.82, 2.24) is 0 Å². The molecule has 2 aliphatic rings. The summed E-state index contributed by atoms with van der Waals surface area (Å²) in [6.07, 6.45) is 0. The number of thiophene rings is 1. The number of anilines is 3. The highest BCUT2D eigenvalue weighted by atomic mass is 32.1. The minimum absolute atomic E-state index is 0.0401. The minimum Gasteiger partial charge on any atom is -0.456 e. The highest BCUT2D eigenvalue weighted by Gasteiger charge is 2.41. The van der Waals surface area contributed by atoms with Gasteiger partial charge in [0.2, 0.25) is 5.43 Å². The van der Waals surface area contributed by atoms with E-state index in [2.05, 4.69) is 122 Å². The fourth-order valence-electron chi connectivity index (χ4n) is 8.31. The predicted octanol–water partition coefficient (Wildman–Crippen LogP) is 12.9. The normalized spacial score (nSPS) is 14.0. The quantitative estimate of drug-likeness (QED) is 0.171. The van der Waals surface area contributed by atoms with Gasteiger partial charge in [0.05, 0.1) is 27.8 Å². The van der Waals surface area contributed by atoms with Crippen LogP contribution in [0.2, 0.25) is 0 Å². The van der Waals surface area contributed by atoms with Crippen LogP contribution in [0.5, 0.6) is 11.5 Å². The smallest absolute Gasteiger partial charge is 0.200 e. The zero-order valence-electron chi connectivity index (χ0n) is 27.9. The summed E-state index contributed by atoms with van der Waals surface area (Å²) in [5, 5.41) is 3.61. The van der Waals surface area contributed by atoms with Crippen LogP contribution in [0.15, 0.2) is 149 Å². The van der Waals surface area contributed by atoms with Crippen LogP contribution in [0.25, 0.3) is 64.4 Å². The molecule has 242 valence electrons. The van der Waals surface area contributed by atoms with E-state index in [4.69, 9.17) is 9.15 Å². The zero-order chi connectivity index (χ0) is 34.0. The third kappa shape index (κ3) is 3.98. The molecule has 51 heavy (non-hydrogen) atoms. The van der Waals surface area contributed by atoms with Gasteiger partial charge in [-0.1, -0.05) is 98.8 Å². The van der Waals surface area contributed by atoms with Crippen LogP contribution in [0.4, 0.5) is 17.1 Å². The Kier molecular flexibility index (Phi) is 5.72. The molecule has 4 nitrogen and oxygen atoms in total. The van der Waals surface area contributed by atoms with E-state index in [0.717, 1.165) is 50.8 Å². The molecule has 0 radical (unpaired) electrons. The Hall–Kier alpha value is -6.17. The number of hydrogen-bond acceptors (Lipinski definition) is 5. The maximum Gasteiger partial charge on any atom is 0.200 e. The van der Waals surface area contributed by atoms with Gasteiger partial charge in [-0.15, -0.1) is 11.3 Å². The van der Waals surface area contributed by atoms with E-state index in [9.17, 15) is 4.79 Å². The van der Waals surface area contributed by atoms with Crippen molar-refractivity contribution in [3.63, 3.8) is 0 Å². The Labute approximate surface area is 297 Å². The van der Waals surface area contributed by atoms with E-state index in [0.29, 0.717) is 21.9 Å². The number of nitrogens with zero attached hydrogens (tertiary/aromatic N) is 1. The van der Waals surface area contributed by atoms with Crippen LogP contribution in [0.3, 0.4) is 0 Å². The molecule has 0 saturated heterocycles. The van der Waals surface area contributed by atoms with Gasteiger partial charge in [0.1, 0.15) is 11.2 Å². The Morgan fingerprint density at radius 1 is 0.569 bits per heavy atom. The fraction of sp³-hybridized carbons (Fsp3) is 0.0652. The molecule has 0 N–H and O–H groups in total. The summed E-state index contributed by atoms with van der Waals surface area (Å²) in [4.78, 5) is 16.6. The van der Waals surface area contributed by atoms with Crippen LogP contribution >= 0.6 is 11.3 Å². The number of rotatable bonds is 2.